The molecular formula is C24H30N4S. The van der Waals surface area contributed by atoms with Crippen LogP contribution in [0.1, 0.15) is 43.9 Å². The van der Waals surface area contributed by atoms with E-state index >= 15 is 0 Å². The molecule has 0 N–H and O–H groups in total. The molecule has 5 heteroatoms. The molecule has 2 aliphatic rings. The quantitative estimate of drug-likeness (QED) is 0.583. The molecule has 0 amide bonds. The molecule has 1 aliphatic heterocycles. The Labute approximate surface area is 177 Å². The van der Waals surface area contributed by atoms with Crippen LogP contribution in [0.2, 0.25) is 0 Å². The largest absolute Gasteiger partial charge is 0.353 e. The van der Waals surface area contributed by atoms with Crippen LogP contribution >= 0.6 is 11.3 Å². The summed E-state index contributed by atoms with van der Waals surface area (Å²) in [4.78, 5) is 17.8. The molecule has 3 aromatic rings. The molecule has 2 fully saturated rings. The molecule has 2 aromatic heterocycles. The lowest BCUT2D eigenvalue weighted by Gasteiger charge is -2.41. The fourth-order valence-electron chi connectivity index (χ4n) is 4.83. The molecule has 4 nitrogen and oxygen atoms in total. The predicted octanol–water partition coefficient (Wildman–Crippen LogP) is 5.38. The summed E-state index contributed by atoms with van der Waals surface area (Å²) >= 11 is 1.82. The van der Waals surface area contributed by atoms with Gasteiger partial charge < -0.3 is 4.90 Å². The number of benzene rings is 1. The van der Waals surface area contributed by atoms with Crippen molar-refractivity contribution in [3.05, 3.63) is 41.3 Å². The van der Waals surface area contributed by atoms with Crippen LogP contribution in [0.25, 0.3) is 21.6 Å². The fourth-order valence-corrected chi connectivity index (χ4v) is 5.79. The van der Waals surface area contributed by atoms with Crippen LogP contribution < -0.4 is 4.90 Å². The monoisotopic (exact) mass is 406 g/mol. The highest BCUT2D eigenvalue weighted by Crippen LogP contribution is 2.34. The fraction of sp³-hybridized carbons (Fsp3) is 0.500. The number of hydrogen-bond acceptors (Lipinski definition) is 5. The average molecular weight is 407 g/mol. The van der Waals surface area contributed by atoms with Crippen LogP contribution in [-0.4, -0.2) is 47.1 Å². The Balaban J connectivity index is 1.45. The third-order valence-corrected chi connectivity index (χ3v) is 7.68. The number of hydrogen-bond donors (Lipinski definition) is 0. The zero-order valence-electron chi connectivity index (χ0n) is 17.3. The van der Waals surface area contributed by atoms with Crippen LogP contribution in [0.15, 0.2) is 36.4 Å². The normalized spacial score (nSPS) is 19.1. The van der Waals surface area contributed by atoms with E-state index in [4.69, 9.17) is 9.97 Å². The van der Waals surface area contributed by atoms with E-state index in [2.05, 4.69) is 47.1 Å². The Bertz CT molecular complexity index is 954. The van der Waals surface area contributed by atoms with Gasteiger partial charge in [0.15, 0.2) is 5.82 Å². The van der Waals surface area contributed by atoms with Gasteiger partial charge in [-0.1, -0.05) is 56.5 Å². The third kappa shape index (κ3) is 3.90. The first-order valence-corrected chi connectivity index (χ1v) is 12.0. The maximum absolute atomic E-state index is 5.08. The summed E-state index contributed by atoms with van der Waals surface area (Å²) in [5.41, 5.74) is 1.10. The minimum absolute atomic E-state index is 0.809. The van der Waals surface area contributed by atoms with E-state index in [-0.39, 0.29) is 0 Å². The van der Waals surface area contributed by atoms with Gasteiger partial charge >= 0.3 is 0 Å². The molecule has 0 bridgehead atoms. The van der Waals surface area contributed by atoms with E-state index in [0.717, 1.165) is 60.7 Å². The first-order chi connectivity index (χ1) is 14.3. The minimum atomic E-state index is 0.809. The van der Waals surface area contributed by atoms with Crippen molar-refractivity contribution in [1.82, 2.24) is 14.9 Å². The van der Waals surface area contributed by atoms with Crippen molar-refractivity contribution in [2.75, 3.05) is 31.1 Å². The van der Waals surface area contributed by atoms with Gasteiger partial charge in [-0.05, 0) is 25.3 Å². The van der Waals surface area contributed by atoms with Crippen molar-refractivity contribution >= 4 is 27.4 Å². The topological polar surface area (TPSA) is 32.3 Å². The average Bonchev–Trinajstić information content (AvgIpc) is 3.23. The molecular weight excluding hydrogens is 376 g/mol. The van der Waals surface area contributed by atoms with Crippen molar-refractivity contribution in [3.63, 3.8) is 0 Å². The highest BCUT2D eigenvalue weighted by atomic mass is 32.1. The Kier molecular flexibility index (Phi) is 5.51. The third-order valence-electron chi connectivity index (χ3n) is 6.51. The number of piperazine rings is 1. The van der Waals surface area contributed by atoms with E-state index in [1.54, 1.807) is 0 Å². The van der Waals surface area contributed by atoms with Gasteiger partial charge in [-0.25, -0.2) is 9.97 Å². The highest BCUT2D eigenvalue weighted by molar-refractivity contribution is 7.18. The minimum Gasteiger partial charge on any atom is -0.353 e. The van der Waals surface area contributed by atoms with Crippen molar-refractivity contribution < 1.29 is 0 Å². The first kappa shape index (κ1) is 19.0. The summed E-state index contributed by atoms with van der Waals surface area (Å²) in [6.45, 7) is 6.66. The lowest BCUT2D eigenvalue weighted by molar-refractivity contribution is 0.148. The van der Waals surface area contributed by atoms with Gasteiger partial charge in [0.05, 0.1) is 5.39 Å². The molecule has 29 heavy (non-hydrogen) atoms. The standard InChI is InChI=1S/C24H30N4S/c1-2-20-17-21-23(25-22(26-24(21)29-20)18-9-5-3-6-10-18)28-15-13-27(14-16-28)19-11-7-4-8-12-19/h3,5-6,9-10,17,19H,2,4,7-8,11-16H2,1H3. The summed E-state index contributed by atoms with van der Waals surface area (Å²) < 4.78 is 0. The van der Waals surface area contributed by atoms with Gasteiger partial charge in [0.25, 0.3) is 0 Å². The maximum Gasteiger partial charge on any atom is 0.163 e. The van der Waals surface area contributed by atoms with Crippen molar-refractivity contribution in [2.24, 2.45) is 0 Å². The van der Waals surface area contributed by atoms with Gasteiger partial charge in [0, 0.05) is 42.7 Å². The van der Waals surface area contributed by atoms with Crippen LogP contribution in [-0.2, 0) is 6.42 Å². The lowest BCUT2D eigenvalue weighted by Crippen LogP contribution is -2.51. The Morgan fingerprint density at radius 3 is 2.45 bits per heavy atom. The summed E-state index contributed by atoms with van der Waals surface area (Å²) in [7, 11) is 0. The Hall–Kier alpha value is -1.98. The van der Waals surface area contributed by atoms with E-state index in [0.29, 0.717) is 0 Å². The molecule has 1 saturated carbocycles. The second kappa shape index (κ2) is 8.41. The molecule has 1 aliphatic carbocycles. The van der Waals surface area contributed by atoms with Gasteiger partial charge in [-0.2, -0.15) is 0 Å². The molecule has 1 saturated heterocycles. The Morgan fingerprint density at radius 2 is 1.72 bits per heavy atom. The predicted molar refractivity (Wildman–Crippen MR) is 123 cm³/mol. The SMILES string of the molecule is CCc1cc2c(N3CCN(C4CCCCC4)CC3)nc(-c3ccccc3)nc2s1. The number of thiophene rings is 1. The molecule has 0 unspecified atom stereocenters. The summed E-state index contributed by atoms with van der Waals surface area (Å²) in [5.74, 6) is 1.99. The molecule has 0 atom stereocenters. The zero-order chi connectivity index (χ0) is 19.6. The number of aryl methyl sites for hydroxylation is 1. The van der Waals surface area contributed by atoms with Gasteiger partial charge in [-0.15, -0.1) is 11.3 Å². The summed E-state index contributed by atoms with van der Waals surface area (Å²) in [6.07, 6.45) is 8.08. The van der Waals surface area contributed by atoms with Gasteiger partial charge in [0.2, 0.25) is 0 Å². The second-order valence-electron chi connectivity index (χ2n) is 8.34. The number of aromatic nitrogens is 2. The zero-order valence-corrected chi connectivity index (χ0v) is 18.1. The smallest absolute Gasteiger partial charge is 0.163 e. The van der Waals surface area contributed by atoms with Gasteiger partial charge in [0.1, 0.15) is 10.6 Å². The van der Waals surface area contributed by atoms with E-state index in [1.807, 2.05) is 17.4 Å². The van der Waals surface area contributed by atoms with E-state index in [9.17, 15) is 0 Å². The molecule has 1 aromatic carbocycles. The second-order valence-corrected chi connectivity index (χ2v) is 9.45. The molecule has 3 heterocycles. The van der Waals surface area contributed by atoms with Crippen molar-refractivity contribution in [3.8, 4) is 11.4 Å². The van der Waals surface area contributed by atoms with Crippen molar-refractivity contribution in [2.45, 2.75) is 51.5 Å². The molecule has 5 rings (SSSR count). The van der Waals surface area contributed by atoms with Crippen molar-refractivity contribution in [1.29, 1.82) is 0 Å². The lowest BCUT2D eigenvalue weighted by atomic mass is 9.94. The van der Waals surface area contributed by atoms with E-state index in [1.165, 1.54) is 42.4 Å². The van der Waals surface area contributed by atoms with Crippen LogP contribution in [0.4, 0.5) is 5.82 Å². The number of anilines is 1. The highest BCUT2D eigenvalue weighted by Gasteiger charge is 2.27. The Morgan fingerprint density at radius 1 is 0.966 bits per heavy atom. The summed E-state index contributed by atoms with van der Waals surface area (Å²) in [6, 6.07) is 13.5. The van der Waals surface area contributed by atoms with Crippen LogP contribution in [0.3, 0.4) is 0 Å². The molecule has 0 radical (unpaired) electrons. The maximum atomic E-state index is 5.08. The van der Waals surface area contributed by atoms with Gasteiger partial charge in [-0.3, -0.25) is 4.90 Å². The number of nitrogens with zero attached hydrogens (tertiary/aromatic N) is 4. The number of rotatable bonds is 4. The summed E-state index contributed by atoms with van der Waals surface area (Å²) in [5, 5.41) is 1.23. The number of fused-ring (bicyclic) bond motifs is 1. The molecule has 152 valence electrons. The van der Waals surface area contributed by atoms with E-state index < -0.39 is 0 Å². The molecule has 0 spiro atoms. The first-order valence-electron chi connectivity index (χ1n) is 11.2. The van der Waals surface area contributed by atoms with Crippen LogP contribution in [0.5, 0.6) is 0 Å². The van der Waals surface area contributed by atoms with Crippen LogP contribution in [0, 0.1) is 0 Å².